The number of benzene rings is 1. The monoisotopic (exact) mass is 309 g/mol. The summed E-state index contributed by atoms with van der Waals surface area (Å²) in [5.74, 6) is -0.0893. The first-order valence-electron chi connectivity index (χ1n) is 8.06. The summed E-state index contributed by atoms with van der Waals surface area (Å²) in [5, 5.41) is 6.25. The molecule has 4 nitrogen and oxygen atoms in total. The smallest absolute Gasteiger partial charge is 0.270 e. The Morgan fingerprint density at radius 1 is 1.04 bits per heavy atom. The van der Waals surface area contributed by atoms with Gasteiger partial charge >= 0.3 is 0 Å². The minimum Gasteiger partial charge on any atom is -0.354 e. The van der Waals surface area contributed by atoms with Gasteiger partial charge in [0, 0.05) is 11.7 Å². The lowest BCUT2D eigenvalue weighted by atomic mass is 9.87. The molecule has 0 radical (unpaired) electrons. The third-order valence-corrected chi connectivity index (χ3v) is 3.95. The lowest BCUT2D eigenvalue weighted by Crippen LogP contribution is -2.26. The summed E-state index contributed by atoms with van der Waals surface area (Å²) in [6, 6.07) is 12.4. The summed E-state index contributed by atoms with van der Waals surface area (Å²) in [6.07, 6.45) is 3.85. The van der Waals surface area contributed by atoms with Gasteiger partial charge in [-0.15, -0.1) is 0 Å². The number of nitrogens with zero attached hydrogens (tertiary/aromatic N) is 1. The van der Waals surface area contributed by atoms with E-state index in [-0.39, 0.29) is 11.3 Å². The van der Waals surface area contributed by atoms with Gasteiger partial charge in [-0.05, 0) is 48.1 Å². The quantitative estimate of drug-likeness (QED) is 0.897. The van der Waals surface area contributed by atoms with E-state index in [9.17, 15) is 4.79 Å². The van der Waals surface area contributed by atoms with E-state index in [0.717, 1.165) is 24.2 Å². The van der Waals surface area contributed by atoms with Gasteiger partial charge in [0.05, 0.1) is 11.9 Å². The van der Waals surface area contributed by atoms with Crippen LogP contribution >= 0.6 is 0 Å². The van der Waals surface area contributed by atoms with Crippen LogP contribution in [0.25, 0.3) is 0 Å². The predicted molar refractivity (Wildman–Crippen MR) is 93.1 cm³/mol. The molecule has 0 saturated heterocycles. The van der Waals surface area contributed by atoms with Crippen molar-refractivity contribution in [2.45, 2.75) is 45.1 Å². The number of anilines is 2. The minimum absolute atomic E-state index is 0.0893. The Balaban J connectivity index is 1.64. The third-order valence-electron chi connectivity index (χ3n) is 3.95. The Hall–Kier alpha value is -2.36. The van der Waals surface area contributed by atoms with Crippen LogP contribution in [0.15, 0.2) is 42.6 Å². The fourth-order valence-corrected chi connectivity index (χ4v) is 2.31. The molecule has 4 heteroatoms. The lowest BCUT2D eigenvalue weighted by molar-refractivity contribution is 0.0946. The maximum atomic E-state index is 11.9. The molecule has 1 saturated carbocycles. The minimum atomic E-state index is -0.0893. The van der Waals surface area contributed by atoms with Crippen LogP contribution in [-0.2, 0) is 5.41 Å². The first kappa shape index (κ1) is 15.5. The van der Waals surface area contributed by atoms with Crippen molar-refractivity contribution in [3.05, 3.63) is 53.9 Å². The van der Waals surface area contributed by atoms with Gasteiger partial charge in [0.1, 0.15) is 5.69 Å². The molecule has 2 N–H and O–H groups in total. The Bertz CT molecular complexity index is 680. The molecule has 1 fully saturated rings. The summed E-state index contributed by atoms with van der Waals surface area (Å²) >= 11 is 0. The van der Waals surface area contributed by atoms with Crippen molar-refractivity contribution < 1.29 is 4.79 Å². The Labute approximate surface area is 137 Å². The van der Waals surface area contributed by atoms with E-state index in [0.29, 0.717) is 11.7 Å². The number of pyridine rings is 1. The van der Waals surface area contributed by atoms with E-state index in [2.05, 4.69) is 60.7 Å². The Morgan fingerprint density at radius 2 is 1.70 bits per heavy atom. The molecule has 0 aliphatic heterocycles. The van der Waals surface area contributed by atoms with Gasteiger partial charge in [0.15, 0.2) is 0 Å². The first-order chi connectivity index (χ1) is 10.9. The van der Waals surface area contributed by atoms with Crippen LogP contribution in [0.5, 0.6) is 0 Å². The van der Waals surface area contributed by atoms with Crippen molar-refractivity contribution >= 4 is 17.3 Å². The molecule has 1 aliphatic rings. The molecule has 1 aliphatic carbocycles. The normalized spacial score (nSPS) is 14.4. The summed E-state index contributed by atoms with van der Waals surface area (Å²) in [5.41, 5.74) is 3.79. The van der Waals surface area contributed by atoms with Gasteiger partial charge in [-0.3, -0.25) is 4.79 Å². The zero-order valence-corrected chi connectivity index (χ0v) is 13.9. The maximum Gasteiger partial charge on any atom is 0.270 e. The molecular weight excluding hydrogens is 286 g/mol. The largest absolute Gasteiger partial charge is 0.354 e. The number of nitrogens with one attached hydrogen (secondary N) is 2. The molecule has 3 rings (SSSR count). The van der Waals surface area contributed by atoms with Gasteiger partial charge in [-0.25, -0.2) is 4.98 Å². The maximum absolute atomic E-state index is 11.9. The Morgan fingerprint density at radius 3 is 2.22 bits per heavy atom. The summed E-state index contributed by atoms with van der Waals surface area (Å²) in [7, 11) is 0. The van der Waals surface area contributed by atoms with Crippen LogP contribution in [0.2, 0.25) is 0 Å². The number of rotatable bonds is 4. The molecule has 1 aromatic carbocycles. The molecule has 1 aromatic heterocycles. The molecule has 1 amide bonds. The first-order valence-corrected chi connectivity index (χ1v) is 8.06. The van der Waals surface area contributed by atoms with E-state index >= 15 is 0 Å². The summed E-state index contributed by atoms with van der Waals surface area (Å²) < 4.78 is 0. The van der Waals surface area contributed by atoms with Crippen molar-refractivity contribution in [3.8, 4) is 0 Å². The number of hydrogen-bond donors (Lipinski definition) is 2. The van der Waals surface area contributed by atoms with E-state index in [1.54, 1.807) is 12.3 Å². The highest BCUT2D eigenvalue weighted by molar-refractivity contribution is 5.92. The molecule has 120 valence electrons. The van der Waals surface area contributed by atoms with Crippen molar-refractivity contribution in [2.24, 2.45) is 0 Å². The fourth-order valence-electron chi connectivity index (χ4n) is 2.31. The number of aromatic nitrogens is 1. The Kier molecular flexibility index (Phi) is 4.07. The molecule has 0 unspecified atom stereocenters. The second-order valence-electron chi connectivity index (χ2n) is 7.13. The van der Waals surface area contributed by atoms with Gasteiger partial charge in [-0.2, -0.15) is 0 Å². The second-order valence-corrected chi connectivity index (χ2v) is 7.13. The number of amides is 1. The van der Waals surface area contributed by atoms with Crippen LogP contribution in [0.1, 0.15) is 49.7 Å². The predicted octanol–water partition coefficient (Wildman–Crippen LogP) is 4.01. The van der Waals surface area contributed by atoms with E-state index in [1.807, 2.05) is 6.07 Å². The van der Waals surface area contributed by atoms with E-state index < -0.39 is 0 Å². The number of hydrogen-bond acceptors (Lipinski definition) is 3. The number of carbonyl (C=O) groups is 1. The molecule has 0 atom stereocenters. The molecule has 1 heterocycles. The molecule has 0 spiro atoms. The highest BCUT2D eigenvalue weighted by Gasteiger charge is 2.24. The fraction of sp³-hybridized carbons (Fsp3) is 0.368. The molecule has 23 heavy (non-hydrogen) atoms. The van der Waals surface area contributed by atoms with Crippen LogP contribution in [0.4, 0.5) is 11.4 Å². The average molecular weight is 309 g/mol. The average Bonchev–Trinajstić information content (AvgIpc) is 3.31. The van der Waals surface area contributed by atoms with E-state index in [4.69, 9.17) is 0 Å². The highest BCUT2D eigenvalue weighted by Crippen LogP contribution is 2.25. The second kappa shape index (κ2) is 6.03. The SMILES string of the molecule is CC(C)(C)c1ccc(Nc2ccc(C(=O)NC3CC3)nc2)cc1. The van der Waals surface area contributed by atoms with Crippen molar-refractivity contribution in [3.63, 3.8) is 0 Å². The van der Waals surface area contributed by atoms with E-state index in [1.165, 1.54) is 5.56 Å². The van der Waals surface area contributed by atoms with Gasteiger partial charge < -0.3 is 10.6 Å². The van der Waals surface area contributed by atoms with Crippen molar-refractivity contribution in [1.82, 2.24) is 10.3 Å². The molecular formula is C19H23N3O. The molecule has 2 aromatic rings. The topological polar surface area (TPSA) is 54.0 Å². The standard InChI is InChI=1S/C19H23N3O/c1-19(2,3)13-4-6-14(7-5-13)21-16-10-11-17(20-12-16)18(23)22-15-8-9-15/h4-7,10-12,15,21H,8-9H2,1-3H3,(H,22,23). The van der Waals surface area contributed by atoms with Crippen LogP contribution in [0, 0.1) is 0 Å². The zero-order valence-electron chi connectivity index (χ0n) is 13.9. The van der Waals surface area contributed by atoms with Gasteiger partial charge in [-0.1, -0.05) is 32.9 Å². The number of carbonyl (C=O) groups excluding carboxylic acids is 1. The van der Waals surface area contributed by atoms with Gasteiger partial charge in [0.2, 0.25) is 0 Å². The van der Waals surface area contributed by atoms with Crippen LogP contribution < -0.4 is 10.6 Å². The van der Waals surface area contributed by atoms with Crippen molar-refractivity contribution in [2.75, 3.05) is 5.32 Å². The summed E-state index contributed by atoms with van der Waals surface area (Å²) in [4.78, 5) is 16.1. The zero-order chi connectivity index (χ0) is 16.4. The van der Waals surface area contributed by atoms with Crippen molar-refractivity contribution in [1.29, 1.82) is 0 Å². The summed E-state index contributed by atoms with van der Waals surface area (Å²) in [6.45, 7) is 6.60. The molecule has 0 bridgehead atoms. The van der Waals surface area contributed by atoms with Gasteiger partial charge in [0.25, 0.3) is 5.91 Å². The third kappa shape index (κ3) is 4.09. The van der Waals surface area contributed by atoms with Crippen LogP contribution in [-0.4, -0.2) is 16.9 Å². The van der Waals surface area contributed by atoms with Crippen LogP contribution in [0.3, 0.4) is 0 Å². The highest BCUT2D eigenvalue weighted by atomic mass is 16.2. The lowest BCUT2D eigenvalue weighted by Gasteiger charge is -2.19.